The third-order valence-electron chi connectivity index (χ3n) is 4.67. The Labute approximate surface area is 154 Å². The Kier molecular flexibility index (Phi) is 8.21. The van der Waals surface area contributed by atoms with Gasteiger partial charge in [-0.15, -0.1) is 11.3 Å². The molecule has 0 bridgehead atoms. The van der Waals surface area contributed by atoms with Gasteiger partial charge < -0.3 is 15.4 Å². The lowest BCUT2D eigenvalue weighted by molar-refractivity contribution is -0.140. The smallest absolute Gasteiger partial charge is 0.307 e. The number of hydrogen-bond donors (Lipinski definition) is 2. The number of guanidine groups is 1. The van der Waals surface area contributed by atoms with Crippen LogP contribution in [0.3, 0.4) is 0 Å². The van der Waals surface area contributed by atoms with Crippen molar-refractivity contribution in [2.45, 2.75) is 32.2 Å². The van der Waals surface area contributed by atoms with E-state index in [1.165, 1.54) is 24.8 Å². The molecule has 25 heavy (non-hydrogen) atoms. The first kappa shape index (κ1) is 19.7. The molecule has 1 saturated heterocycles. The molecular weight excluding hydrogens is 336 g/mol. The van der Waals surface area contributed by atoms with Gasteiger partial charge >= 0.3 is 5.97 Å². The zero-order valence-electron chi connectivity index (χ0n) is 15.5. The van der Waals surface area contributed by atoms with Crippen LogP contribution < -0.4 is 10.6 Å². The predicted octanol–water partition coefficient (Wildman–Crippen LogP) is 2.25. The number of thiophene rings is 1. The summed E-state index contributed by atoms with van der Waals surface area (Å²) in [6, 6.07) is 4.68. The third kappa shape index (κ3) is 6.32. The van der Waals surface area contributed by atoms with Crippen LogP contribution in [0, 0.1) is 5.92 Å². The maximum Gasteiger partial charge on any atom is 0.307 e. The lowest BCUT2D eigenvalue weighted by atomic mass is 9.97. The first-order valence-electron chi connectivity index (χ1n) is 8.92. The maximum atomic E-state index is 11.2. The minimum absolute atomic E-state index is 0.221. The monoisotopic (exact) mass is 366 g/mol. The average Bonchev–Trinajstić information content (AvgIpc) is 3.16. The number of likely N-dealkylation sites (tertiary alicyclic amines) is 1. The Hall–Kier alpha value is -1.60. The second-order valence-electron chi connectivity index (χ2n) is 6.46. The SMILES string of the molecule is CN=C(NCCC(=O)OC)NCC(c1cccs1)N1CCC(C)CC1. The summed E-state index contributed by atoms with van der Waals surface area (Å²) in [7, 11) is 3.15. The van der Waals surface area contributed by atoms with Crippen LogP contribution in [0.15, 0.2) is 22.5 Å². The normalized spacial score (nSPS) is 18.0. The molecule has 1 aliphatic rings. The van der Waals surface area contributed by atoms with Crippen molar-refractivity contribution in [3.8, 4) is 0 Å². The van der Waals surface area contributed by atoms with E-state index in [0.29, 0.717) is 19.0 Å². The molecule has 0 saturated carbocycles. The Balaban J connectivity index is 1.89. The van der Waals surface area contributed by atoms with Gasteiger partial charge in [0.1, 0.15) is 0 Å². The number of methoxy groups -OCH3 is 1. The highest BCUT2D eigenvalue weighted by atomic mass is 32.1. The van der Waals surface area contributed by atoms with Crippen molar-refractivity contribution in [3.05, 3.63) is 22.4 Å². The van der Waals surface area contributed by atoms with Gasteiger partial charge in [0.2, 0.25) is 0 Å². The lowest BCUT2D eigenvalue weighted by Crippen LogP contribution is -2.45. The van der Waals surface area contributed by atoms with Gasteiger partial charge in [-0.3, -0.25) is 14.7 Å². The highest BCUT2D eigenvalue weighted by molar-refractivity contribution is 7.10. The molecule has 1 unspecified atom stereocenters. The molecule has 7 heteroatoms. The fourth-order valence-corrected chi connectivity index (χ4v) is 3.89. The molecule has 1 atom stereocenters. The van der Waals surface area contributed by atoms with Crippen molar-refractivity contribution in [1.82, 2.24) is 15.5 Å². The predicted molar refractivity (Wildman–Crippen MR) is 103 cm³/mol. The highest BCUT2D eigenvalue weighted by Gasteiger charge is 2.25. The Morgan fingerprint density at radius 1 is 1.44 bits per heavy atom. The van der Waals surface area contributed by atoms with Crippen LogP contribution >= 0.6 is 11.3 Å². The van der Waals surface area contributed by atoms with E-state index < -0.39 is 0 Å². The van der Waals surface area contributed by atoms with Crippen LogP contribution in [-0.4, -0.2) is 57.2 Å². The van der Waals surface area contributed by atoms with Crippen molar-refractivity contribution in [2.24, 2.45) is 10.9 Å². The second-order valence-corrected chi connectivity index (χ2v) is 7.44. The summed E-state index contributed by atoms with van der Waals surface area (Å²) in [5, 5.41) is 8.72. The van der Waals surface area contributed by atoms with Gasteiger partial charge in [-0.1, -0.05) is 13.0 Å². The molecule has 2 heterocycles. The number of rotatable bonds is 7. The molecule has 0 spiro atoms. The van der Waals surface area contributed by atoms with E-state index >= 15 is 0 Å². The van der Waals surface area contributed by atoms with Crippen molar-refractivity contribution in [2.75, 3.05) is 40.3 Å². The number of aliphatic imine (C=N–C) groups is 1. The standard InChI is InChI=1S/C18H30N4O2S/c1-14-7-10-22(11-8-14)15(16-5-4-12-25-16)13-21-18(19-2)20-9-6-17(23)24-3/h4-5,12,14-15H,6-11,13H2,1-3H3,(H2,19,20,21). The first-order valence-corrected chi connectivity index (χ1v) is 9.80. The Morgan fingerprint density at radius 3 is 2.80 bits per heavy atom. The Morgan fingerprint density at radius 2 is 2.20 bits per heavy atom. The molecule has 1 aromatic heterocycles. The summed E-state index contributed by atoms with van der Waals surface area (Å²) in [5.74, 6) is 1.32. The van der Waals surface area contributed by atoms with Gasteiger partial charge in [-0.25, -0.2) is 0 Å². The van der Waals surface area contributed by atoms with Gasteiger partial charge in [0.05, 0.1) is 19.6 Å². The summed E-state index contributed by atoms with van der Waals surface area (Å²) < 4.78 is 4.66. The maximum absolute atomic E-state index is 11.2. The van der Waals surface area contributed by atoms with E-state index in [1.807, 2.05) is 0 Å². The number of esters is 1. The van der Waals surface area contributed by atoms with Crippen LogP contribution in [0.5, 0.6) is 0 Å². The average molecular weight is 367 g/mol. The summed E-state index contributed by atoms with van der Waals surface area (Å²) in [5.41, 5.74) is 0. The van der Waals surface area contributed by atoms with Crippen LogP contribution in [0.1, 0.15) is 37.1 Å². The van der Waals surface area contributed by atoms with E-state index in [4.69, 9.17) is 0 Å². The van der Waals surface area contributed by atoms with Crippen LogP contribution in [0.25, 0.3) is 0 Å². The Bertz CT molecular complexity index is 539. The topological polar surface area (TPSA) is 66.0 Å². The molecular formula is C18H30N4O2S. The van der Waals surface area contributed by atoms with Gasteiger partial charge in [0, 0.05) is 25.0 Å². The molecule has 1 aliphatic heterocycles. The molecule has 0 radical (unpaired) electrons. The lowest BCUT2D eigenvalue weighted by Gasteiger charge is -2.36. The quantitative estimate of drug-likeness (QED) is 0.440. The van der Waals surface area contributed by atoms with Crippen molar-refractivity contribution in [1.29, 1.82) is 0 Å². The van der Waals surface area contributed by atoms with E-state index in [2.05, 4.69) is 49.7 Å². The van der Waals surface area contributed by atoms with Crippen LogP contribution in [0.2, 0.25) is 0 Å². The van der Waals surface area contributed by atoms with Crippen molar-refractivity contribution < 1.29 is 9.53 Å². The summed E-state index contributed by atoms with van der Waals surface area (Å²) in [6.45, 7) is 5.92. The molecule has 140 valence electrons. The third-order valence-corrected chi connectivity index (χ3v) is 5.64. The molecule has 6 nitrogen and oxygen atoms in total. The van der Waals surface area contributed by atoms with Crippen LogP contribution in [-0.2, 0) is 9.53 Å². The number of piperidine rings is 1. The van der Waals surface area contributed by atoms with Crippen molar-refractivity contribution in [3.63, 3.8) is 0 Å². The number of carbonyl (C=O) groups is 1. The van der Waals surface area contributed by atoms with E-state index in [-0.39, 0.29) is 5.97 Å². The minimum atomic E-state index is -0.221. The number of ether oxygens (including phenoxy) is 1. The summed E-state index contributed by atoms with van der Waals surface area (Å²) in [6.07, 6.45) is 2.84. The molecule has 0 aromatic carbocycles. The molecule has 1 fully saturated rings. The van der Waals surface area contributed by atoms with Gasteiger partial charge in [0.15, 0.2) is 5.96 Å². The summed E-state index contributed by atoms with van der Waals surface area (Å²) in [4.78, 5) is 19.4. The van der Waals surface area contributed by atoms with Gasteiger partial charge in [0.25, 0.3) is 0 Å². The molecule has 1 aromatic rings. The zero-order valence-corrected chi connectivity index (χ0v) is 16.3. The van der Waals surface area contributed by atoms with E-state index in [1.54, 1.807) is 18.4 Å². The second kappa shape index (κ2) is 10.4. The zero-order chi connectivity index (χ0) is 18.1. The summed E-state index contributed by atoms with van der Waals surface area (Å²) >= 11 is 1.81. The molecule has 0 amide bonds. The van der Waals surface area contributed by atoms with Gasteiger partial charge in [-0.05, 0) is 43.3 Å². The molecule has 2 N–H and O–H groups in total. The fourth-order valence-electron chi connectivity index (χ4n) is 3.03. The van der Waals surface area contributed by atoms with E-state index in [9.17, 15) is 4.79 Å². The largest absolute Gasteiger partial charge is 0.469 e. The molecule has 0 aliphatic carbocycles. The first-order chi connectivity index (χ1) is 12.1. The number of nitrogens with zero attached hydrogens (tertiary/aromatic N) is 2. The van der Waals surface area contributed by atoms with Gasteiger partial charge in [-0.2, -0.15) is 0 Å². The fraction of sp³-hybridized carbons (Fsp3) is 0.667. The minimum Gasteiger partial charge on any atom is -0.469 e. The number of hydrogen-bond acceptors (Lipinski definition) is 5. The van der Waals surface area contributed by atoms with Crippen LogP contribution in [0.4, 0.5) is 0 Å². The number of carbonyl (C=O) groups excluding carboxylic acids is 1. The van der Waals surface area contributed by atoms with E-state index in [0.717, 1.165) is 31.5 Å². The number of nitrogens with one attached hydrogen (secondary N) is 2. The molecule has 2 rings (SSSR count). The van der Waals surface area contributed by atoms with Crippen molar-refractivity contribution >= 4 is 23.3 Å². The highest BCUT2D eigenvalue weighted by Crippen LogP contribution is 2.28.